The normalized spacial score (nSPS) is 25.3. The van der Waals surface area contributed by atoms with Crippen LogP contribution in [-0.2, 0) is 9.53 Å². The van der Waals surface area contributed by atoms with Crippen LogP contribution in [0.3, 0.4) is 0 Å². The number of hydrogen-bond donors (Lipinski definition) is 1. The lowest BCUT2D eigenvalue weighted by Crippen LogP contribution is -2.47. The van der Waals surface area contributed by atoms with Gasteiger partial charge in [0, 0.05) is 39.3 Å². The third kappa shape index (κ3) is 4.41. The monoisotopic (exact) mass is 276 g/mol. The maximum absolute atomic E-state index is 12.2. The van der Waals surface area contributed by atoms with Crippen LogP contribution in [-0.4, -0.2) is 50.2 Å². The average Bonchev–Trinajstić information content (AvgIpc) is 2.40. The number of nitrogens with zero attached hydrogens (tertiary/aromatic N) is 1. The topological polar surface area (TPSA) is 41.6 Å². The third-order valence-corrected chi connectivity index (χ3v) is 4.02. The number of carbonyl (C=O) groups excluding carboxylic acids is 1. The highest BCUT2D eigenvalue weighted by atomic mass is 35.5. The summed E-state index contributed by atoms with van der Waals surface area (Å²) in [7, 11) is 1.96. The summed E-state index contributed by atoms with van der Waals surface area (Å²) in [5, 5.41) is 3.36. The van der Waals surface area contributed by atoms with Gasteiger partial charge >= 0.3 is 0 Å². The summed E-state index contributed by atoms with van der Waals surface area (Å²) in [5.74, 6) is 0.848. The van der Waals surface area contributed by atoms with E-state index in [1.807, 2.05) is 11.9 Å². The van der Waals surface area contributed by atoms with Gasteiger partial charge in [0.15, 0.2) is 0 Å². The molecule has 0 saturated carbocycles. The molecule has 0 aliphatic carbocycles. The smallest absolute Gasteiger partial charge is 0.222 e. The van der Waals surface area contributed by atoms with Gasteiger partial charge in [-0.05, 0) is 38.1 Å². The van der Waals surface area contributed by atoms with Crippen LogP contribution in [0.2, 0.25) is 0 Å². The summed E-state index contributed by atoms with van der Waals surface area (Å²) < 4.78 is 5.32. The Morgan fingerprint density at radius 3 is 2.67 bits per heavy atom. The Morgan fingerprint density at radius 2 is 2.06 bits per heavy atom. The van der Waals surface area contributed by atoms with Crippen molar-refractivity contribution in [1.82, 2.24) is 10.2 Å². The first kappa shape index (κ1) is 15.7. The van der Waals surface area contributed by atoms with Crippen molar-refractivity contribution in [2.45, 2.75) is 38.1 Å². The van der Waals surface area contributed by atoms with E-state index >= 15 is 0 Å². The SMILES string of the molecule is CN(C(=O)CC1CCOCC1)[C@@H]1CCCNC1.Cl. The zero-order valence-corrected chi connectivity index (χ0v) is 12.0. The van der Waals surface area contributed by atoms with Crippen molar-refractivity contribution < 1.29 is 9.53 Å². The Kier molecular flexibility index (Phi) is 6.97. The number of hydrogen-bond acceptors (Lipinski definition) is 3. The number of carbonyl (C=O) groups is 1. The molecule has 0 bridgehead atoms. The summed E-state index contributed by atoms with van der Waals surface area (Å²) in [6, 6.07) is 0.399. The van der Waals surface area contributed by atoms with Crippen LogP contribution in [0.15, 0.2) is 0 Å². The number of piperidine rings is 1. The van der Waals surface area contributed by atoms with Crippen molar-refractivity contribution in [3.05, 3.63) is 0 Å². The van der Waals surface area contributed by atoms with E-state index in [9.17, 15) is 4.79 Å². The van der Waals surface area contributed by atoms with Gasteiger partial charge in [0.05, 0.1) is 0 Å². The summed E-state index contributed by atoms with van der Waals surface area (Å²) in [4.78, 5) is 14.1. The predicted molar refractivity (Wildman–Crippen MR) is 74.1 cm³/mol. The molecule has 0 aromatic heterocycles. The highest BCUT2D eigenvalue weighted by molar-refractivity contribution is 5.85. The van der Waals surface area contributed by atoms with Crippen molar-refractivity contribution in [3.63, 3.8) is 0 Å². The number of amides is 1. The zero-order valence-electron chi connectivity index (χ0n) is 11.2. The number of ether oxygens (including phenoxy) is 1. The molecule has 4 nitrogen and oxygen atoms in total. The maximum atomic E-state index is 12.2. The van der Waals surface area contributed by atoms with Gasteiger partial charge in [-0.1, -0.05) is 0 Å². The van der Waals surface area contributed by atoms with Gasteiger partial charge in [0.2, 0.25) is 5.91 Å². The lowest BCUT2D eigenvalue weighted by molar-refractivity contribution is -0.134. The summed E-state index contributed by atoms with van der Waals surface area (Å²) in [6.07, 6.45) is 5.12. The van der Waals surface area contributed by atoms with Gasteiger partial charge in [-0.2, -0.15) is 0 Å². The Balaban J connectivity index is 0.00000162. The molecule has 2 aliphatic heterocycles. The molecule has 2 fully saturated rings. The van der Waals surface area contributed by atoms with Crippen LogP contribution >= 0.6 is 12.4 Å². The van der Waals surface area contributed by atoms with Gasteiger partial charge in [-0.25, -0.2) is 0 Å². The molecule has 0 spiro atoms. The molecule has 5 heteroatoms. The standard InChI is InChI=1S/C13H24N2O2.ClH/c1-15(12-3-2-6-14-10-12)13(16)9-11-4-7-17-8-5-11;/h11-12,14H,2-10H2,1H3;1H/t12-;/m1./s1. The van der Waals surface area contributed by atoms with E-state index in [0.717, 1.165) is 45.6 Å². The maximum Gasteiger partial charge on any atom is 0.222 e. The largest absolute Gasteiger partial charge is 0.381 e. The second kappa shape index (κ2) is 7.97. The second-order valence-electron chi connectivity index (χ2n) is 5.26. The highest BCUT2D eigenvalue weighted by Gasteiger charge is 2.24. The van der Waals surface area contributed by atoms with Gasteiger partial charge < -0.3 is 15.0 Å². The highest BCUT2D eigenvalue weighted by Crippen LogP contribution is 2.20. The fourth-order valence-electron chi connectivity index (χ4n) is 2.71. The molecule has 1 N–H and O–H groups in total. The summed E-state index contributed by atoms with van der Waals surface area (Å²) >= 11 is 0. The van der Waals surface area contributed by atoms with Crippen LogP contribution in [0.1, 0.15) is 32.1 Å². The van der Waals surface area contributed by atoms with E-state index < -0.39 is 0 Å². The molecule has 2 heterocycles. The first-order valence-electron chi connectivity index (χ1n) is 6.81. The minimum Gasteiger partial charge on any atom is -0.381 e. The van der Waals surface area contributed by atoms with Crippen LogP contribution in [0.4, 0.5) is 0 Å². The zero-order chi connectivity index (χ0) is 12.1. The minimum absolute atomic E-state index is 0. The molecular weight excluding hydrogens is 252 g/mol. The molecule has 0 aromatic rings. The number of halogens is 1. The van der Waals surface area contributed by atoms with E-state index in [0.29, 0.717) is 24.3 Å². The fourth-order valence-corrected chi connectivity index (χ4v) is 2.71. The molecule has 106 valence electrons. The molecule has 2 saturated heterocycles. The van der Waals surface area contributed by atoms with Crippen molar-refractivity contribution in [2.24, 2.45) is 5.92 Å². The average molecular weight is 277 g/mol. The second-order valence-corrected chi connectivity index (χ2v) is 5.26. The van der Waals surface area contributed by atoms with E-state index in [1.165, 1.54) is 6.42 Å². The van der Waals surface area contributed by atoms with Gasteiger partial charge in [-0.15, -0.1) is 12.4 Å². The fraction of sp³-hybridized carbons (Fsp3) is 0.923. The Labute approximate surface area is 116 Å². The van der Waals surface area contributed by atoms with E-state index in [2.05, 4.69) is 5.32 Å². The molecule has 2 rings (SSSR count). The third-order valence-electron chi connectivity index (χ3n) is 4.02. The van der Waals surface area contributed by atoms with Crippen LogP contribution in [0.5, 0.6) is 0 Å². The molecule has 0 radical (unpaired) electrons. The summed E-state index contributed by atoms with van der Waals surface area (Å²) in [6.45, 7) is 3.70. The number of likely N-dealkylation sites (N-methyl/N-ethyl adjacent to an activating group) is 1. The Morgan fingerprint density at radius 1 is 1.33 bits per heavy atom. The summed E-state index contributed by atoms with van der Waals surface area (Å²) in [5.41, 5.74) is 0. The molecule has 1 amide bonds. The lowest BCUT2D eigenvalue weighted by atomic mass is 9.95. The predicted octanol–water partition coefficient (Wildman–Crippen LogP) is 1.44. The van der Waals surface area contributed by atoms with E-state index in [-0.39, 0.29) is 12.4 Å². The quantitative estimate of drug-likeness (QED) is 0.848. The molecule has 2 aliphatic rings. The molecule has 1 atom stereocenters. The lowest BCUT2D eigenvalue weighted by Gasteiger charge is -2.33. The van der Waals surface area contributed by atoms with Crippen LogP contribution in [0, 0.1) is 5.92 Å². The van der Waals surface area contributed by atoms with Crippen LogP contribution < -0.4 is 5.32 Å². The molecule has 18 heavy (non-hydrogen) atoms. The van der Waals surface area contributed by atoms with Crippen molar-refractivity contribution in [2.75, 3.05) is 33.4 Å². The van der Waals surface area contributed by atoms with Crippen LogP contribution in [0.25, 0.3) is 0 Å². The first-order chi connectivity index (χ1) is 8.27. The van der Waals surface area contributed by atoms with Gasteiger partial charge in [0.1, 0.15) is 0 Å². The van der Waals surface area contributed by atoms with Gasteiger partial charge in [0.25, 0.3) is 0 Å². The van der Waals surface area contributed by atoms with E-state index in [1.54, 1.807) is 0 Å². The molecular formula is C13H25ClN2O2. The molecule has 0 unspecified atom stereocenters. The van der Waals surface area contributed by atoms with Crippen molar-refractivity contribution in [1.29, 1.82) is 0 Å². The van der Waals surface area contributed by atoms with Gasteiger partial charge in [-0.3, -0.25) is 4.79 Å². The number of rotatable bonds is 3. The Hall–Kier alpha value is -0.320. The van der Waals surface area contributed by atoms with E-state index in [4.69, 9.17) is 4.74 Å². The first-order valence-corrected chi connectivity index (χ1v) is 6.81. The number of nitrogens with one attached hydrogen (secondary N) is 1. The molecule has 0 aromatic carbocycles. The minimum atomic E-state index is 0. The van der Waals surface area contributed by atoms with Crippen molar-refractivity contribution >= 4 is 18.3 Å². The van der Waals surface area contributed by atoms with Crippen molar-refractivity contribution in [3.8, 4) is 0 Å². The Bertz CT molecular complexity index is 251.